The van der Waals surface area contributed by atoms with Gasteiger partial charge in [0.1, 0.15) is 5.75 Å². The lowest BCUT2D eigenvalue weighted by molar-refractivity contribution is -0.121. The Morgan fingerprint density at radius 3 is 2.46 bits per heavy atom. The third-order valence-corrected chi connectivity index (χ3v) is 5.08. The highest BCUT2D eigenvalue weighted by Crippen LogP contribution is 2.24. The van der Waals surface area contributed by atoms with Gasteiger partial charge in [-0.15, -0.1) is 0 Å². The van der Waals surface area contributed by atoms with Crippen molar-refractivity contribution in [3.8, 4) is 10.9 Å². The minimum atomic E-state index is 0.0351. The van der Waals surface area contributed by atoms with Gasteiger partial charge in [0, 0.05) is 24.0 Å². The fourth-order valence-electron chi connectivity index (χ4n) is 2.63. The highest BCUT2D eigenvalue weighted by Gasteiger charge is 2.09. The van der Waals surface area contributed by atoms with E-state index in [1.165, 1.54) is 22.7 Å². The molecule has 3 rings (SSSR count). The first kappa shape index (κ1) is 20.0. The number of aromatic nitrogens is 2. The first-order chi connectivity index (χ1) is 13.5. The second-order valence-corrected chi connectivity index (χ2v) is 7.65. The van der Waals surface area contributed by atoms with Crippen LogP contribution in [0.25, 0.3) is 0 Å². The number of hydrogen-bond donors (Lipinski definition) is 1. The zero-order chi connectivity index (χ0) is 19.9. The van der Waals surface area contributed by atoms with Crippen LogP contribution in [0.3, 0.4) is 0 Å². The van der Waals surface area contributed by atoms with Crippen LogP contribution in [0.4, 0.5) is 0 Å². The predicted octanol–water partition coefficient (Wildman–Crippen LogP) is 4.69. The van der Waals surface area contributed by atoms with Crippen molar-refractivity contribution >= 4 is 17.4 Å². The Morgan fingerprint density at radius 1 is 1.11 bits per heavy atom. The standard InChI is InChI=1S/C22H25N3O2S/c1-4-16(3)23-21(26)14-18-9-11-19(12-10-18)27-22-24-20(25-28-22)13-17-7-5-15(2)6-8-17/h5-12,16H,4,13-14H2,1-3H3,(H,23,26)/t16-/m1/s1. The Bertz CT molecular complexity index is 904. The fraction of sp³-hybridized carbons (Fsp3) is 0.318. The van der Waals surface area contributed by atoms with E-state index in [1.54, 1.807) is 0 Å². The number of aryl methyl sites for hydroxylation is 1. The molecule has 0 spiro atoms. The summed E-state index contributed by atoms with van der Waals surface area (Å²) in [6.45, 7) is 6.13. The highest BCUT2D eigenvalue weighted by atomic mass is 32.1. The van der Waals surface area contributed by atoms with Crippen LogP contribution in [0.1, 0.15) is 42.8 Å². The zero-order valence-electron chi connectivity index (χ0n) is 16.4. The van der Waals surface area contributed by atoms with Crippen LogP contribution in [0.15, 0.2) is 48.5 Å². The summed E-state index contributed by atoms with van der Waals surface area (Å²) in [7, 11) is 0. The van der Waals surface area contributed by atoms with Gasteiger partial charge in [-0.25, -0.2) is 0 Å². The van der Waals surface area contributed by atoms with Crippen molar-refractivity contribution in [1.82, 2.24) is 14.7 Å². The quantitative estimate of drug-likeness (QED) is 0.601. The maximum Gasteiger partial charge on any atom is 0.298 e. The van der Waals surface area contributed by atoms with E-state index in [0.717, 1.165) is 17.8 Å². The Morgan fingerprint density at radius 2 is 1.79 bits per heavy atom. The van der Waals surface area contributed by atoms with Gasteiger partial charge < -0.3 is 10.1 Å². The van der Waals surface area contributed by atoms with Crippen LogP contribution in [-0.2, 0) is 17.6 Å². The molecule has 0 aliphatic carbocycles. The molecule has 0 saturated carbocycles. The molecule has 0 saturated heterocycles. The van der Waals surface area contributed by atoms with Gasteiger partial charge in [0.05, 0.1) is 6.42 Å². The highest BCUT2D eigenvalue weighted by molar-refractivity contribution is 7.07. The molecule has 1 N–H and O–H groups in total. The Balaban J connectivity index is 1.55. The second kappa shape index (κ2) is 9.46. The zero-order valence-corrected chi connectivity index (χ0v) is 17.3. The molecule has 1 heterocycles. The molecule has 2 aromatic carbocycles. The minimum absolute atomic E-state index is 0.0351. The van der Waals surface area contributed by atoms with Gasteiger partial charge in [0.2, 0.25) is 5.91 Å². The van der Waals surface area contributed by atoms with Gasteiger partial charge in [0.25, 0.3) is 5.19 Å². The lowest BCUT2D eigenvalue weighted by Crippen LogP contribution is -2.33. The molecule has 1 aromatic heterocycles. The van der Waals surface area contributed by atoms with Gasteiger partial charge in [-0.1, -0.05) is 48.9 Å². The van der Waals surface area contributed by atoms with E-state index in [9.17, 15) is 4.79 Å². The molecule has 0 bridgehead atoms. The third kappa shape index (κ3) is 5.89. The van der Waals surface area contributed by atoms with E-state index in [2.05, 4.69) is 52.8 Å². The number of carbonyl (C=O) groups excluding carboxylic acids is 1. The molecular weight excluding hydrogens is 370 g/mol. The fourth-order valence-corrected chi connectivity index (χ4v) is 3.20. The number of benzene rings is 2. The smallest absolute Gasteiger partial charge is 0.298 e. The number of nitrogens with one attached hydrogen (secondary N) is 1. The molecular formula is C22H25N3O2S. The molecule has 28 heavy (non-hydrogen) atoms. The monoisotopic (exact) mass is 395 g/mol. The average molecular weight is 396 g/mol. The molecule has 0 radical (unpaired) electrons. The number of carbonyl (C=O) groups is 1. The van der Waals surface area contributed by atoms with E-state index >= 15 is 0 Å². The molecule has 0 aliphatic rings. The van der Waals surface area contributed by atoms with Crippen LogP contribution in [0.2, 0.25) is 0 Å². The maximum atomic E-state index is 12.0. The Kier molecular flexibility index (Phi) is 6.76. The van der Waals surface area contributed by atoms with Gasteiger partial charge in [-0.05, 0) is 43.5 Å². The number of nitrogens with zero attached hydrogens (tertiary/aromatic N) is 2. The number of hydrogen-bond acceptors (Lipinski definition) is 5. The van der Waals surface area contributed by atoms with Crippen molar-refractivity contribution in [1.29, 1.82) is 0 Å². The number of amides is 1. The van der Waals surface area contributed by atoms with Gasteiger partial charge in [-0.3, -0.25) is 4.79 Å². The van der Waals surface area contributed by atoms with E-state index in [-0.39, 0.29) is 11.9 Å². The predicted molar refractivity (Wildman–Crippen MR) is 112 cm³/mol. The molecule has 0 unspecified atom stereocenters. The summed E-state index contributed by atoms with van der Waals surface area (Å²) in [5.74, 6) is 1.47. The van der Waals surface area contributed by atoms with Gasteiger partial charge in [-0.2, -0.15) is 9.36 Å². The number of ether oxygens (including phenoxy) is 1. The Hall–Kier alpha value is -2.73. The van der Waals surface area contributed by atoms with E-state index in [0.29, 0.717) is 23.8 Å². The van der Waals surface area contributed by atoms with Gasteiger partial charge >= 0.3 is 0 Å². The molecule has 0 aliphatic heterocycles. The lowest BCUT2D eigenvalue weighted by atomic mass is 10.1. The molecule has 146 valence electrons. The molecule has 1 atom stereocenters. The summed E-state index contributed by atoms with van der Waals surface area (Å²) >= 11 is 1.24. The first-order valence-corrected chi connectivity index (χ1v) is 10.2. The molecule has 3 aromatic rings. The summed E-state index contributed by atoms with van der Waals surface area (Å²) in [6, 6.07) is 16.1. The second-order valence-electron chi connectivity index (χ2n) is 6.94. The lowest BCUT2D eigenvalue weighted by Gasteiger charge is -2.11. The van der Waals surface area contributed by atoms with Gasteiger partial charge in [0.15, 0.2) is 5.82 Å². The van der Waals surface area contributed by atoms with Crippen molar-refractivity contribution in [3.63, 3.8) is 0 Å². The van der Waals surface area contributed by atoms with Crippen molar-refractivity contribution in [3.05, 3.63) is 71.0 Å². The third-order valence-electron chi connectivity index (χ3n) is 4.45. The first-order valence-electron chi connectivity index (χ1n) is 9.46. The minimum Gasteiger partial charge on any atom is -0.430 e. The number of rotatable bonds is 8. The summed E-state index contributed by atoms with van der Waals surface area (Å²) in [6.07, 6.45) is 1.97. The van der Waals surface area contributed by atoms with Crippen LogP contribution in [-0.4, -0.2) is 21.3 Å². The maximum absolute atomic E-state index is 12.0. The van der Waals surface area contributed by atoms with Crippen molar-refractivity contribution in [2.24, 2.45) is 0 Å². The SMILES string of the molecule is CC[C@@H](C)NC(=O)Cc1ccc(Oc2nc(Cc3ccc(C)cc3)ns2)cc1. The van der Waals surface area contributed by atoms with Crippen molar-refractivity contribution in [2.45, 2.75) is 46.1 Å². The van der Waals surface area contributed by atoms with Crippen molar-refractivity contribution < 1.29 is 9.53 Å². The topological polar surface area (TPSA) is 64.1 Å². The average Bonchev–Trinajstić information content (AvgIpc) is 3.12. The van der Waals surface area contributed by atoms with Crippen LogP contribution < -0.4 is 10.1 Å². The van der Waals surface area contributed by atoms with Crippen LogP contribution >= 0.6 is 11.5 Å². The molecule has 5 nitrogen and oxygen atoms in total. The molecule has 1 amide bonds. The summed E-state index contributed by atoms with van der Waals surface area (Å²) in [4.78, 5) is 16.4. The Labute approximate surface area is 170 Å². The van der Waals surface area contributed by atoms with E-state index in [4.69, 9.17) is 4.74 Å². The normalized spacial score (nSPS) is 11.8. The largest absolute Gasteiger partial charge is 0.430 e. The van der Waals surface area contributed by atoms with E-state index < -0.39 is 0 Å². The van der Waals surface area contributed by atoms with E-state index in [1.807, 2.05) is 31.2 Å². The summed E-state index contributed by atoms with van der Waals surface area (Å²) in [5.41, 5.74) is 3.36. The van der Waals surface area contributed by atoms with Crippen LogP contribution in [0.5, 0.6) is 10.9 Å². The van der Waals surface area contributed by atoms with Crippen LogP contribution in [0, 0.1) is 6.92 Å². The summed E-state index contributed by atoms with van der Waals surface area (Å²) < 4.78 is 10.2. The molecule has 0 fully saturated rings. The van der Waals surface area contributed by atoms with Crippen molar-refractivity contribution in [2.75, 3.05) is 0 Å². The molecule has 6 heteroatoms. The summed E-state index contributed by atoms with van der Waals surface area (Å²) in [5, 5.41) is 3.49.